The smallest absolute Gasteiger partial charge is 0.255 e. The molecule has 0 amide bonds. The maximum atomic E-state index is 13.2. The lowest BCUT2D eigenvalue weighted by Gasteiger charge is -2.29. The van der Waals surface area contributed by atoms with Crippen LogP contribution in [0.5, 0.6) is 5.75 Å². The van der Waals surface area contributed by atoms with Crippen molar-refractivity contribution in [2.75, 3.05) is 69.1 Å². The van der Waals surface area contributed by atoms with Crippen molar-refractivity contribution >= 4 is 28.8 Å². The Morgan fingerprint density at radius 2 is 2.00 bits per heavy atom. The molecule has 0 saturated heterocycles. The van der Waals surface area contributed by atoms with E-state index in [9.17, 15) is 8.78 Å². The monoisotopic (exact) mass is 486 g/mol. The van der Waals surface area contributed by atoms with Gasteiger partial charge in [0.2, 0.25) is 5.95 Å². The summed E-state index contributed by atoms with van der Waals surface area (Å²) in [6, 6.07) is 5.66. The number of aromatic nitrogens is 2. The topological polar surface area (TPSA) is 72.0 Å². The number of nitrogens with one attached hydrogen (secondary N) is 2. The fourth-order valence-corrected chi connectivity index (χ4v) is 4.27. The van der Waals surface area contributed by atoms with E-state index in [1.54, 1.807) is 24.3 Å². The maximum Gasteiger partial charge on any atom is 0.255 e. The highest BCUT2D eigenvalue weighted by Gasteiger charge is 2.31. The second-order valence-corrected chi connectivity index (χ2v) is 8.51. The fourth-order valence-electron chi connectivity index (χ4n) is 4.27. The second kappa shape index (κ2) is 10.3. The van der Waals surface area contributed by atoms with Gasteiger partial charge in [-0.25, -0.2) is 18.8 Å². The minimum absolute atomic E-state index is 0.295. The number of hydrazine groups is 1. The van der Waals surface area contributed by atoms with Crippen LogP contribution in [0.4, 0.5) is 37.6 Å². The Bertz CT molecular complexity index is 1120. The molecule has 0 fully saturated rings. The van der Waals surface area contributed by atoms with E-state index in [2.05, 4.69) is 21.7 Å². The van der Waals surface area contributed by atoms with E-state index < -0.39 is 6.43 Å². The number of halogens is 2. The van der Waals surface area contributed by atoms with Crippen LogP contribution in [-0.4, -0.2) is 74.8 Å². The van der Waals surface area contributed by atoms with Crippen LogP contribution in [0, 0.1) is 0 Å². The van der Waals surface area contributed by atoms with Crippen LogP contribution < -0.4 is 25.3 Å². The number of rotatable bonds is 9. The molecule has 4 rings (SSSR count). The first-order chi connectivity index (χ1) is 16.8. The summed E-state index contributed by atoms with van der Waals surface area (Å²) in [6.07, 6.45) is 4.89. The van der Waals surface area contributed by atoms with E-state index in [1.165, 1.54) is 0 Å². The normalized spacial score (nSPS) is 15.2. The Kier molecular flexibility index (Phi) is 7.25. The van der Waals surface area contributed by atoms with Gasteiger partial charge in [0.25, 0.3) is 6.43 Å². The van der Waals surface area contributed by atoms with Gasteiger partial charge in [-0.1, -0.05) is 6.08 Å². The van der Waals surface area contributed by atoms with Gasteiger partial charge in [-0.05, 0) is 31.1 Å². The van der Waals surface area contributed by atoms with Crippen LogP contribution in [0.1, 0.15) is 12.8 Å². The molecule has 188 valence electrons. The maximum absolute atomic E-state index is 13.2. The first kappa shape index (κ1) is 24.5. The average Bonchev–Trinajstić information content (AvgIpc) is 3.21. The van der Waals surface area contributed by atoms with Crippen molar-refractivity contribution in [3.05, 3.63) is 47.9 Å². The van der Waals surface area contributed by atoms with Gasteiger partial charge in [-0.3, -0.25) is 0 Å². The number of hydrogen-bond donors (Lipinski definition) is 2. The molecule has 0 radical (unpaired) electrons. The van der Waals surface area contributed by atoms with Crippen molar-refractivity contribution in [2.24, 2.45) is 0 Å². The number of anilines is 5. The number of benzene rings is 1. The number of alkyl halides is 2. The zero-order chi connectivity index (χ0) is 25.1. The molecular weight excluding hydrogens is 454 g/mol. The van der Waals surface area contributed by atoms with Gasteiger partial charge < -0.3 is 30.2 Å². The fraction of sp³-hybridized carbons (Fsp3) is 0.417. The van der Waals surface area contributed by atoms with Crippen molar-refractivity contribution in [2.45, 2.75) is 19.3 Å². The standard InChI is InChI=1S/C24H32F2N8O/c1-27-16-12-17(21(35-5)13-20(16)32(4)31(2)3)29-24-28-11-10-23(30-24)34-15-33(14-22(25)26)18-8-6-7-9-19(18)34/h7,9-13,22,27H,6,8,14-15H2,1-5H3,(H,28,29,30). The summed E-state index contributed by atoms with van der Waals surface area (Å²) < 4.78 is 32.0. The Labute approximate surface area is 204 Å². The number of allylic oxidation sites excluding steroid dienone is 3. The Morgan fingerprint density at radius 1 is 1.20 bits per heavy atom. The zero-order valence-corrected chi connectivity index (χ0v) is 20.7. The Hall–Kier alpha value is -3.60. The average molecular weight is 487 g/mol. The molecule has 9 nitrogen and oxygen atoms in total. The van der Waals surface area contributed by atoms with Gasteiger partial charge >= 0.3 is 0 Å². The number of ether oxygens (including phenoxy) is 1. The quantitative estimate of drug-likeness (QED) is 0.510. The van der Waals surface area contributed by atoms with Crippen molar-refractivity contribution < 1.29 is 13.5 Å². The molecule has 1 aromatic heterocycles. The summed E-state index contributed by atoms with van der Waals surface area (Å²) in [5.74, 6) is 1.65. The summed E-state index contributed by atoms with van der Waals surface area (Å²) in [6.45, 7) is 0.0334. The van der Waals surface area contributed by atoms with Crippen LogP contribution in [0.3, 0.4) is 0 Å². The third kappa shape index (κ3) is 5.09. The highest BCUT2D eigenvalue weighted by molar-refractivity contribution is 5.80. The summed E-state index contributed by atoms with van der Waals surface area (Å²) in [5.41, 5.74) is 4.37. The first-order valence-electron chi connectivity index (χ1n) is 11.4. The van der Waals surface area contributed by atoms with Crippen molar-refractivity contribution in [1.29, 1.82) is 0 Å². The molecule has 11 heteroatoms. The lowest BCUT2D eigenvalue weighted by Crippen LogP contribution is -2.33. The van der Waals surface area contributed by atoms with Gasteiger partial charge in [0, 0.05) is 46.2 Å². The van der Waals surface area contributed by atoms with E-state index in [0.29, 0.717) is 29.9 Å². The van der Waals surface area contributed by atoms with Crippen molar-refractivity contribution in [3.8, 4) is 5.75 Å². The molecule has 2 aromatic rings. The third-order valence-corrected chi connectivity index (χ3v) is 6.16. The van der Waals surface area contributed by atoms with E-state index >= 15 is 0 Å². The lowest BCUT2D eigenvalue weighted by atomic mass is 10.1. The Balaban J connectivity index is 1.63. The van der Waals surface area contributed by atoms with E-state index in [1.807, 2.05) is 61.3 Å². The van der Waals surface area contributed by atoms with Crippen LogP contribution in [0.25, 0.3) is 0 Å². The van der Waals surface area contributed by atoms with Gasteiger partial charge in [-0.15, -0.1) is 0 Å². The molecule has 2 heterocycles. The highest BCUT2D eigenvalue weighted by atomic mass is 19.3. The molecule has 0 saturated carbocycles. The van der Waals surface area contributed by atoms with Crippen LogP contribution in [0.15, 0.2) is 47.9 Å². The predicted molar refractivity (Wildman–Crippen MR) is 135 cm³/mol. The molecule has 35 heavy (non-hydrogen) atoms. The summed E-state index contributed by atoms with van der Waals surface area (Å²) in [7, 11) is 9.35. The molecule has 2 N–H and O–H groups in total. The molecule has 0 unspecified atom stereocenters. The second-order valence-electron chi connectivity index (χ2n) is 8.51. The molecule has 1 aromatic carbocycles. The van der Waals surface area contributed by atoms with E-state index in [0.717, 1.165) is 35.6 Å². The first-order valence-corrected chi connectivity index (χ1v) is 11.4. The number of nitrogens with zero attached hydrogens (tertiary/aromatic N) is 6. The largest absolute Gasteiger partial charge is 0.494 e. The molecule has 0 spiro atoms. The van der Waals surface area contributed by atoms with Crippen LogP contribution >= 0.6 is 0 Å². The summed E-state index contributed by atoms with van der Waals surface area (Å²) >= 11 is 0. The molecule has 2 aliphatic rings. The minimum atomic E-state index is -2.40. The van der Waals surface area contributed by atoms with E-state index in [-0.39, 0.29) is 6.54 Å². The van der Waals surface area contributed by atoms with Gasteiger partial charge in [0.15, 0.2) is 0 Å². The SMILES string of the molecule is CNc1cc(Nc2nccc(N3CN(CC(F)F)C4=C3C=CCC4)n2)c(OC)cc1N(C)N(C)C. The molecular formula is C24H32F2N8O. The molecule has 0 atom stereocenters. The van der Waals surface area contributed by atoms with Crippen molar-refractivity contribution in [3.63, 3.8) is 0 Å². The summed E-state index contributed by atoms with van der Waals surface area (Å²) in [4.78, 5) is 12.8. The van der Waals surface area contributed by atoms with Gasteiger partial charge in [0.1, 0.15) is 11.6 Å². The van der Waals surface area contributed by atoms with E-state index in [4.69, 9.17) is 9.72 Å². The summed E-state index contributed by atoms with van der Waals surface area (Å²) in [5, 5.41) is 10.4. The highest BCUT2D eigenvalue weighted by Crippen LogP contribution is 2.38. The lowest BCUT2D eigenvalue weighted by molar-refractivity contribution is 0.106. The van der Waals surface area contributed by atoms with Crippen molar-refractivity contribution in [1.82, 2.24) is 19.9 Å². The number of hydrogen-bond acceptors (Lipinski definition) is 9. The molecule has 0 bridgehead atoms. The zero-order valence-electron chi connectivity index (χ0n) is 20.7. The van der Waals surface area contributed by atoms with Gasteiger partial charge in [-0.2, -0.15) is 4.98 Å². The number of methoxy groups -OCH3 is 1. The minimum Gasteiger partial charge on any atom is -0.494 e. The third-order valence-electron chi connectivity index (χ3n) is 6.16. The predicted octanol–water partition coefficient (Wildman–Crippen LogP) is 4.09. The Morgan fingerprint density at radius 3 is 2.69 bits per heavy atom. The van der Waals surface area contributed by atoms with Gasteiger partial charge in [0.05, 0.1) is 43.1 Å². The molecule has 1 aliphatic carbocycles. The van der Waals surface area contributed by atoms with Crippen LogP contribution in [-0.2, 0) is 0 Å². The molecule has 1 aliphatic heterocycles. The van der Waals surface area contributed by atoms with Crippen LogP contribution in [0.2, 0.25) is 0 Å².